The van der Waals surface area contributed by atoms with E-state index in [-0.39, 0.29) is 17.7 Å². The number of fused-ring (bicyclic) bond motifs is 1. The summed E-state index contributed by atoms with van der Waals surface area (Å²) in [5.74, 6) is 0.455. The molecule has 1 heterocycles. The van der Waals surface area contributed by atoms with Crippen molar-refractivity contribution in [2.24, 2.45) is 11.8 Å². The molecule has 0 bridgehead atoms. The van der Waals surface area contributed by atoms with Crippen LogP contribution in [-0.2, 0) is 9.59 Å². The van der Waals surface area contributed by atoms with Crippen molar-refractivity contribution in [3.63, 3.8) is 0 Å². The topological polar surface area (TPSA) is 49.4 Å². The van der Waals surface area contributed by atoms with Gasteiger partial charge >= 0.3 is 0 Å². The van der Waals surface area contributed by atoms with Crippen molar-refractivity contribution in [2.45, 2.75) is 32.2 Å². The predicted molar refractivity (Wildman–Crippen MR) is 94.7 cm³/mol. The summed E-state index contributed by atoms with van der Waals surface area (Å²) in [7, 11) is 0. The lowest BCUT2D eigenvalue weighted by molar-refractivity contribution is -0.126. The van der Waals surface area contributed by atoms with Gasteiger partial charge in [0.25, 0.3) is 0 Å². The first-order valence-corrected chi connectivity index (χ1v) is 8.76. The zero-order chi connectivity index (χ0) is 16.7. The Morgan fingerprint density at radius 2 is 2.00 bits per heavy atom. The van der Waals surface area contributed by atoms with Crippen LogP contribution in [-0.4, -0.2) is 24.4 Å². The summed E-state index contributed by atoms with van der Waals surface area (Å²) in [4.78, 5) is 26.7. The van der Waals surface area contributed by atoms with E-state index in [1.165, 1.54) is 0 Å². The Morgan fingerprint density at radius 3 is 2.79 bits per heavy atom. The van der Waals surface area contributed by atoms with Crippen LogP contribution in [0.25, 0.3) is 10.8 Å². The first kappa shape index (κ1) is 15.2. The number of anilines is 1. The Kier molecular flexibility index (Phi) is 3.75. The van der Waals surface area contributed by atoms with Gasteiger partial charge in [-0.2, -0.15) is 0 Å². The number of benzene rings is 2. The third-order valence-electron chi connectivity index (χ3n) is 5.33. The van der Waals surface area contributed by atoms with Gasteiger partial charge in [-0.25, -0.2) is 0 Å². The molecule has 2 aliphatic rings. The summed E-state index contributed by atoms with van der Waals surface area (Å²) in [5.41, 5.74) is 0.909. The molecule has 0 aromatic heterocycles. The third-order valence-corrected chi connectivity index (χ3v) is 5.33. The van der Waals surface area contributed by atoms with E-state index < -0.39 is 0 Å². The second-order valence-corrected chi connectivity index (χ2v) is 6.92. The second kappa shape index (κ2) is 5.93. The quantitative estimate of drug-likeness (QED) is 0.940. The number of carbonyl (C=O) groups is 2. The van der Waals surface area contributed by atoms with Gasteiger partial charge in [0.15, 0.2) is 0 Å². The molecule has 0 unspecified atom stereocenters. The van der Waals surface area contributed by atoms with Gasteiger partial charge in [0.2, 0.25) is 11.8 Å². The van der Waals surface area contributed by atoms with Gasteiger partial charge in [-0.3, -0.25) is 9.59 Å². The average Bonchev–Trinajstić information content (AvgIpc) is 3.24. The highest BCUT2D eigenvalue weighted by atomic mass is 16.2. The van der Waals surface area contributed by atoms with Crippen LogP contribution < -0.4 is 10.2 Å². The average molecular weight is 322 g/mol. The van der Waals surface area contributed by atoms with Gasteiger partial charge in [0.05, 0.1) is 11.6 Å². The normalized spacial score (nSPS) is 26.0. The molecule has 1 saturated heterocycles. The van der Waals surface area contributed by atoms with E-state index in [0.29, 0.717) is 24.9 Å². The number of nitrogens with one attached hydrogen (secondary N) is 1. The molecule has 2 aromatic rings. The Hall–Kier alpha value is -2.36. The van der Waals surface area contributed by atoms with Gasteiger partial charge in [-0.05, 0) is 23.8 Å². The highest BCUT2D eigenvalue weighted by Crippen LogP contribution is 2.35. The maximum Gasteiger partial charge on any atom is 0.227 e. The van der Waals surface area contributed by atoms with Gasteiger partial charge in [-0.15, -0.1) is 0 Å². The third kappa shape index (κ3) is 2.66. The van der Waals surface area contributed by atoms with E-state index in [0.717, 1.165) is 29.3 Å². The molecule has 4 rings (SSSR count). The second-order valence-electron chi connectivity index (χ2n) is 6.92. The molecular formula is C20H22N2O2. The summed E-state index contributed by atoms with van der Waals surface area (Å²) in [5, 5.41) is 5.28. The molecule has 3 atom stereocenters. The lowest BCUT2D eigenvalue weighted by atomic mass is 10.1. The van der Waals surface area contributed by atoms with E-state index in [2.05, 4.69) is 12.2 Å². The maximum atomic E-state index is 12.5. The molecule has 2 fully saturated rings. The van der Waals surface area contributed by atoms with E-state index in [1.54, 1.807) is 4.90 Å². The number of rotatable bonds is 4. The van der Waals surface area contributed by atoms with Gasteiger partial charge in [0, 0.05) is 24.4 Å². The molecule has 1 aliphatic heterocycles. The first-order valence-electron chi connectivity index (χ1n) is 8.76. The van der Waals surface area contributed by atoms with Crippen molar-refractivity contribution in [2.75, 3.05) is 11.4 Å². The van der Waals surface area contributed by atoms with Gasteiger partial charge < -0.3 is 10.2 Å². The fourth-order valence-corrected chi connectivity index (χ4v) is 3.74. The fraction of sp³-hybridized carbons (Fsp3) is 0.400. The SMILES string of the molecule is CC[C@@H]1C[C@H]1NC(=O)[C@@H]1CC(=O)N(c2cccc3ccccc23)C1. The first-order chi connectivity index (χ1) is 11.7. The number of amides is 2. The maximum absolute atomic E-state index is 12.5. The number of hydrogen-bond acceptors (Lipinski definition) is 2. The van der Waals surface area contributed by atoms with E-state index in [4.69, 9.17) is 0 Å². The Balaban J connectivity index is 1.52. The van der Waals surface area contributed by atoms with E-state index in [9.17, 15) is 9.59 Å². The van der Waals surface area contributed by atoms with Crippen molar-refractivity contribution in [1.82, 2.24) is 5.32 Å². The van der Waals surface area contributed by atoms with Gasteiger partial charge in [-0.1, -0.05) is 49.7 Å². The van der Waals surface area contributed by atoms with Crippen LogP contribution in [0, 0.1) is 11.8 Å². The Labute approximate surface area is 141 Å². The summed E-state index contributed by atoms with van der Waals surface area (Å²) < 4.78 is 0. The van der Waals surface area contributed by atoms with Crippen LogP contribution in [0.4, 0.5) is 5.69 Å². The molecule has 2 aromatic carbocycles. The fourth-order valence-electron chi connectivity index (χ4n) is 3.74. The van der Waals surface area contributed by atoms with Crippen molar-refractivity contribution in [3.05, 3.63) is 42.5 Å². The smallest absolute Gasteiger partial charge is 0.227 e. The molecule has 4 heteroatoms. The Morgan fingerprint density at radius 1 is 1.21 bits per heavy atom. The standard InChI is InChI=1S/C20H22N2O2/c1-2-13-10-17(13)21-20(24)15-11-19(23)22(12-15)18-9-5-7-14-6-3-4-8-16(14)18/h3-9,13,15,17H,2,10-12H2,1H3,(H,21,24)/t13-,15-,17-/m1/s1. The monoisotopic (exact) mass is 322 g/mol. The minimum atomic E-state index is -0.241. The van der Waals surface area contributed by atoms with Crippen molar-refractivity contribution >= 4 is 28.3 Å². The van der Waals surface area contributed by atoms with E-state index in [1.807, 2.05) is 42.5 Å². The van der Waals surface area contributed by atoms with E-state index >= 15 is 0 Å². The minimum absolute atomic E-state index is 0.0343. The predicted octanol–water partition coefficient (Wildman–Crippen LogP) is 3.11. The Bertz CT molecular complexity index is 796. The van der Waals surface area contributed by atoms with Crippen LogP contribution in [0.5, 0.6) is 0 Å². The number of carbonyl (C=O) groups excluding carboxylic acids is 2. The lowest BCUT2D eigenvalue weighted by Crippen LogP contribution is -2.35. The summed E-state index contributed by atoms with van der Waals surface area (Å²) in [6, 6.07) is 14.3. The molecule has 1 N–H and O–H groups in total. The molecule has 124 valence electrons. The lowest BCUT2D eigenvalue weighted by Gasteiger charge is -2.19. The van der Waals surface area contributed by atoms with Crippen LogP contribution in [0.3, 0.4) is 0 Å². The van der Waals surface area contributed by atoms with Crippen molar-refractivity contribution < 1.29 is 9.59 Å². The van der Waals surface area contributed by atoms with Crippen molar-refractivity contribution in [3.8, 4) is 0 Å². The summed E-state index contributed by atoms with van der Waals surface area (Å²) in [6.07, 6.45) is 2.49. The van der Waals surface area contributed by atoms with Crippen LogP contribution >= 0.6 is 0 Å². The summed E-state index contributed by atoms with van der Waals surface area (Å²) >= 11 is 0. The molecular weight excluding hydrogens is 300 g/mol. The number of hydrogen-bond donors (Lipinski definition) is 1. The largest absolute Gasteiger partial charge is 0.353 e. The van der Waals surface area contributed by atoms with Crippen LogP contribution in [0.15, 0.2) is 42.5 Å². The molecule has 2 amide bonds. The zero-order valence-electron chi connectivity index (χ0n) is 13.9. The highest BCUT2D eigenvalue weighted by Gasteiger charge is 2.41. The zero-order valence-corrected chi connectivity index (χ0v) is 13.9. The van der Waals surface area contributed by atoms with Crippen molar-refractivity contribution in [1.29, 1.82) is 0 Å². The molecule has 4 nitrogen and oxygen atoms in total. The molecule has 1 aliphatic carbocycles. The van der Waals surface area contributed by atoms with Crippen LogP contribution in [0.1, 0.15) is 26.2 Å². The molecule has 1 saturated carbocycles. The molecule has 0 spiro atoms. The van der Waals surface area contributed by atoms with Crippen LogP contribution in [0.2, 0.25) is 0 Å². The minimum Gasteiger partial charge on any atom is -0.353 e. The number of nitrogens with zero attached hydrogens (tertiary/aromatic N) is 1. The highest BCUT2D eigenvalue weighted by molar-refractivity contribution is 6.07. The molecule has 24 heavy (non-hydrogen) atoms. The molecule has 0 radical (unpaired) electrons. The summed E-state index contributed by atoms with van der Waals surface area (Å²) in [6.45, 7) is 2.63. The van der Waals surface area contributed by atoms with Gasteiger partial charge in [0.1, 0.15) is 0 Å².